The third kappa shape index (κ3) is 6.12. The van der Waals surface area contributed by atoms with Gasteiger partial charge in [-0.1, -0.05) is 12.1 Å². The third-order valence-corrected chi connectivity index (χ3v) is 10.1. The molecule has 1 fully saturated rings. The van der Waals surface area contributed by atoms with Crippen molar-refractivity contribution in [1.29, 1.82) is 0 Å². The maximum atomic E-state index is 13.2. The van der Waals surface area contributed by atoms with Crippen LogP contribution in [0.15, 0.2) is 58.8 Å². The fourth-order valence-corrected chi connectivity index (χ4v) is 7.43. The molecule has 2 aromatic carbocycles. The summed E-state index contributed by atoms with van der Waals surface area (Å²) in [5.41, 5.74) is 1.59. The van der Waals surface area contributed by atoms with E-state index in [0.717, 1.165) is 34.8 Å². The van der Waals surface area contributed by atoms with Gasteiger partial charge in [-0.2, -0.15) is 4.31 Å². The van der Waals surface area contributed by atoms with Gasteiger partial charge in [0.1, 0.15) is 23.2 Å². The van der Waals surface area contributed by atoms with Crippen molar-refractivity contribution in [2.24, 2.45) is 0 Å². The average Bonchev–Trinajstić information content (AvgIpc) is 3.45. The van der Waals surface area contributed by atoms with E-state index in [9.17, 15) is 13.2 Å². The van der Waals surface area contributed by atoms with Gasteiger partial charge in [-0.25, -0.2) is 8.42 Å². The summed E-state index contributed by atoms with van der Waals surface area (Å²) in [4.78, 5) is 13.2. The minimum absolute atomic E-state index is 0.236. The Hall–Kier alpha value is -3.12. The highest BCUT2D eigenvalue weighted by molar-refractivity contribution is 7.91. The SMILES string of the molecule is COc1cccc(C(=O)NCc2ccc(S(=O)(=O)N3CCC(NCc4ccc5c(c4)OCCO5)CC3)s2)c1. The molecule has 202 valence electrons. The van der Waals surface area contributed by atoms with Crippen LogP contribution in [-0.2, 0) is 23.1 Å². The quantitative estimate of drug-likeness (QED) is 0.415. The minimum Gasteiger partial charge on any atom is -0.497 e. The normalized spacial score (nSPS) is 16.2. The summed E-state index contributed by atoms with van der Waals surface area (Å²) in [6, 6.07) is 16.4. The van der Waals surface area contributed by atoms with Crippen LogP contribution in [0.25, 0.3) is 0 Å². The highest BCUT2D eigenvalue weighted by Crippen LogP contribution is 2.31. The second-order valence-corrected chi connectivity index (χ2v) is 12.5. The predicted octanol–water partition coefficient (Wildman–Crippen LogP) is 3.40. The van der Waals surface area contributed by atoms with Gasteiger partial charge in [0.2, 0.25) is 0 Å². The zero-order valence-corrected chi connectivity index (χ0v) is 22.8. The van der Waals surface area contributed by atoms with Gasteiger partial charge in [-0.3, -0.25) is 4.79 Å². The van der Waals surface area contributed by atoms with Crippen molar-refractivity contribution in [3.05, 3.63) is 70.6 Å². The Morgan fingerprint density at radius 2 is 1.82 bits per heavy atom. The molecule has 11 heteroatoms. The van der Waals surface area contributed by atoms with E-state index in [0.29, 0.717) is 48.4 Å². The molecular weight excluding hydrogens is 526 g/mol. The molecule has 0 bridgehead atoms. The Morgan fingerprint density at radius 3 is 2.61 bits per heavy atom. The molecule has 2 aliphatic rings. The highest BCUT2D eigenvalue weighted by atomic mass is 32.2. The van der Waals surface area contributed by atoms with E-state index in [-0.39, 0.29) is 18.5 Å². The molecule has 5 rings (SSSR count). The maximum Gasteiger partial charge on any atom is 0.252 e. The van der Waals surface area contributed by atoms with Crippen molar-refractivity contribution in [3.8, 4) is 17.2 Å². The number of piperidine rings is 1. The Morgan fingerprint density at radius 1 is 1.03 bits per heavy atom. The number of amides is 1. The second kappa shape index (κ2) is 11.7. The second-order valence-electron chi connectivity index (χ2n) is 9.17. The van der Waals surface area contributed by atoms with E-state index in [4.69, 9.17) is 14.2 Å². The lowest BCUT2D eigenvalue weighted by Crippen LogP contribution is -2.44. The molecule has 0 saturated carbocycles. The maximum absolute atomic E-state index is 13.2. The van der Waals surface area contributed by atoms with E-state index in [2.05, 4.69) is 10.6 Å². The number of carbonyl (C=O) groups is 1. The average molecular weight is 558 g/mol. The molecule has 0 radical (unpaired) electrons. The van der Waals surface area contributed by atoms with Gasteiger partial charge in [-0.05, 0) is 60.9 Å². The first-order valence-electron chi connectivity index (χ1n) is 12.6. The zero-order chi connectivity index (χ0) is 26.5. The van der Waals surface area contributed by atoms with E-state index < -0.39 is 10.0 Å². The first-order chi connectivity index (χ1) is 18.4. The van der Waals surface area contributed by atoms with E-state index >= 15 is 0 Å². The molecule has 1 saturated heterocycles. The van der Waals surface area contributed by atoms with Crippen molar-refractivity contribution in [3.63, 3.8) is 0 Å². The largest absolute Gasteiger partial charge is 0.497 e. The standard InChI is InChI=1S/C27H31N3O6S2/c1-34-22-4-2-3-20(16-22)27(31)29-18-23-6-8-26(37-23)38(32,33)30-11-9-21(10-12-30)28-17-19-5-7-24-25(15-19)36-14-13-35-24/h2-8,15-16,21,28H,9-14,17-18H2,1H3,(H,29,31). The van der Waals surface area contributed by atoms with E-state index in [1.54, 1.807) is 47.8 Å². The lowest BCUT2D eigenvalue weighted by Gasteiger charge is -2.31. The number of nitrogens with zero attached hydrogens (tertiary/aromatic N) is 1. The van der Waals surface area contributed by atoms with Crippen LogP contribution in [0.2, 0.25) is 0 Å². The first-order valence-corrected chi connectivity index (χ1v) is 14.8. The van der Waals surface area contributed by atoms with Crippen LogP contribution in [0.3, 0.4) is 0 Å². The Kier molecular flexibility index (Phi) is 8.18. The number of rotatable bonds is 9. The molecule has 3 aromatic rings. The van der Waals surface area contributed by atoms with Crippen molar-refractivity contribution in [2.45, 2.75) is 36.2 Å². The molecule has 0 aliphatic carbocycles. The van der Waals surface area contributed by atoms with Crippen LogP contribution in [0.1, 0.15) is 33.6 Å². The summed E-state index contributed by atoms with van der Waals surface area (Å²) < 4.78 is 44.7. The van der Waals surface area contributed by atoms with Crippen molar-refractivity contribution in [2.75, 3.05) is 33.4 Å². The van der Waals surface area contributed by atoms with Crippen molar-refractivity contribution >= 4 is 27.3 Å². The molecule has 1 aromatic heterocycles. The summed E-state index contributed by atoms with van der Waals surface area (Å²) in [5.74, 6) is 1.90. The molecule has 1 amide bonds. The molecule has 0 spiro atoms. The van der Waals surface area contributed by atoms with Gasteiger partial charge < -0.3 is 24.8 Å². The van der Waals surface area contributed by atoms with Crippen LogP contribution in [-0.4, -0.2) is 58.1 Å². The Bertz CT molecular complexity index is 1380. The molecule has 2 aliphatic heterocycles. The minimum atomic E-state index is -3.58. The molecule has 0 unspecified atom stereocenters. The smallest absolute Gasteiger partial charge is 0.252 e. The van der Waals surface area contributed by atoms with Gasteiger partial charge in [0.25, 0.3) is 15.9 Å². The number of hydrogen-bond donors (Lipinski definition) is 2. The summed E-state index contributed by atoms with van der Waals surface area (Å²) in [5, 5.41) is 6.39. The summed E-state index contributed by atoms with van der Waals surface area (Å²) >= 11 is 1.19. The Balaban J connectivity index is 1.11. The lowest BCUT2D eigenvalue weighted by molar-refractivity contribution is 0.0951. The third-order valence-electron chi connectivity index (χ3n) is 6.64. The Labute approximate surface area is 226 Å². The lowest BCUT2D eigenvalue weighted by atomic mass is 10.1. The molecule has 3 heterocycles. The zero-order valence-electron chi connectivity index (χ0n) is 21.1. The van der Waals surface area contributed by atoms with E-state index in [1.807, 2.05) is 18.2 Å². The van der Waals surface area contributed by atoms with Crippen LogP contribution < -0.4 is 24.8 Å². The van der Waals surface area contributed by atoms with Crippen LogP contribution in [0.4, 0.5) is 0 Å². The summed E-state index contributed by atoms with van der Waals surface area (Å²) in [7, 11) is -2.03. The first kappa shape index (κ1) is 26.5. The highest BCUT2D eigenvalue weighted by Gasteiger charge is 2.30. The van der Waals surface area contributed by atoms with Crippen molar-refractivity contribution < 1.29 is 27.4 Å². The fourth-order valence-electron chi connectivity index (χ4n) is 4.51. The number of sulfonamides is 1. The number of nitrogens with one attached hydrogen (secondary N) is 2. The van der Waals surface area contributed by atoms with E-state index in [1.165, 1.54) is 11.3 Å². The van der Waals surface area contributed by atoms with Crippen LogP contribution >= 0.6 is 11.3 Å². The summed E-state index contributed by atoms with van der Waals surface area (Å²) in [6.07, 6.45) is 1.47. The van der Waals surface area contributed by atoms with Gasteiger partial charge in [-0.15, -0.1) is 11.3 Å². The topological polar surface area (TPSA) is 106 Å². The monoisotopic (exact) mass is 557 g/mol. The van der Waals surface area contributed by atoms with Crippen molar-refractivity contribution in [1.82, 2.24) is 14.9 Å². The molecule has 0 atom stereocenters. The molecular formula is C27H31N3O6S2. The number of ether oxygens (including phenoxy) is 3. The van der Waals surface area contributed by atoms with Gasteiger partial charge >= 0.3 is 0 Å². The number of carbonyl (C=O) groups excluding carboxylic acids is 1. The fraction of sp³-hybridized carbons (Fsp3) is 0.370. The molecule has 9 nitrogen and oxygen atoms in total. The van der Waals surface area contributed by atoms with Gasteiger partial charge in [0.15, 0.2) is 11.5 Å². The van der Waals surface area contributed by atoms with Crippen LogP contribution in [0, 0.1) is 0 Å². The summed E-state index contributed by atoms with van der Waals surface area (Å²) in [6.45, 7) is 2.98. The number of thiophene rings is 1. The number of benzene rings is 2. The number of fused-ring (bicyclic) bond motifs is 1. The van der Waals surface area contributed by atoms with Gasteiger partial charge in [0.05, 0.1) is 13.7 Å². The van der Waals surface area contributed by atoms with Gasteiger partial charge in [0, 0.05) is 36.1 Å². The number of methoxy groups -OCH3 is 1. The number of hydrogen-bond acceptors (Lipinski definition) is 8. The van der Waals surface area contributed by atoms with Crippen LogP contribution in [0.5, 0.6) is 17.2 Å². The molecule has 2 N–H and O–H groups in total. The predicted molar refractivity (Wildman–Crippen MR) is 145 cm³/mol. The molecule has 38 heavy (non-hydrogen) atoms.